The minimum Gasteiger partial charge on any atom is -0.459 e. The molecule has 0 spiro atoms. The van der Waals surface area contributed by atoms with Gasteiger partial charge in [0.1, 0.15) is 6.10 Å². The van der Waals surface area contributed by atoms with Gasteiger partial charge in [0.05, 0.1) is 25.7 Å². The Hall–Kier alpha value is -1.46. The number of hydrogen-bond acceptors (Lipinski definition) is 4. The van der Waals surface area contributed by atoms with Gasteiger partial charge in [-0.15, -0.1) is 0 Å². The standard InChI is InChI=1S/C15H17FO4/c16-13-14(18)11(10-6-12(17)20-15(10)13)8-19-7-9-4-2-1-3-5-9/h1-5,10-11,13-15,18H,6-8H2/t10-,11-,13+,14+,15-/m1/s1. The molecule has 1 aliphatic carbocycles. The predicted octanol–water partition coefficient (Wildman–Crippen LogP) is 1.46. The van der Waals surface area contributed by atoms with E-state index < -0.39 is 18.4 Å². The second-order valence-corrected chi connectivity index (χ2v) is 5.42. The van der Waals surface area contributed by atoms with Crippen LogP contribution in [0.3, 0.4) is 0 Å². The lowest BCUT2D eigenvalue weighted by atomic mass is 9.93. The van der Waals surface area contributed by atoms with Crippen LogP contribution in [-0.2, 0) is 20.9 Å². The van der Waals surface area contributed by atoms with Crippen LogP contribution >= 0.6 is 0 Å². The van der Waals surface area contributed by atoms with Gasteiger partial charge in [0.25, 0.3) is 0 Å². The summed E-state index contributed by atoms with van der Waals surface area (Å²) in [5.41, 5.74) is 1.02. The van der Waals surface area contributed by atoms with Crippen molar-refractivity contribution in [3.05, 3.63) is 35.9 Å². The molecule has 2 aliphatic rings. The molecule has 1 saturated carbocycles. The van der Waals surface area contributed by atoms with E-state index >= 15 is 0 Å². The third kappa shape index (κ3) is 2.43. The van der Waals surface area contributed by atoms with Crippen LogP contribution in [0.1, 0.15) is 12.0 Å². The van der Waals surface area contributed by atoms with Gasteiger partial charge in [-0.25, -0.2) is 4.39 Å². The van der Waals surface area contributed by atoms with Crippen LogP contribution < -0.4 is 0 Å². The van der Waals surface area contributed by atoms with Crippen LogP contribution in [0.5, 0.6) is 0 Å². The molecule has 1 aliphatic heterocycles. The van der Waals surface area contributed by atoms with Gasteiger partial charge < -0.3 is 14.6 Å². The van der Waals surface area contributed by atoms with Gasteiger partial charge in [-0.2, -0.15) is 0 Å². The third-order valence-corrected chi connectivity index (χ3v) is 4.14. The average Bonchev–Trinajstić information content (AvgIpc) is 2.93. The van der Waals surface area contributed by atoms with Crippen LogP contribution in [0.4, 0.5) is 4.39 Å². The predicted molar refractivity (Wildman–Crippen MR) is 68.5 cm³/mol. The van der Waals surface area contributed by atoms with Gasteiger partial charge in [0.15, 0.2) is 6.17 Å². The second kappa shape index (κ2) is 5.50. The number of esters is 1. The van der Waals surface area contributed by atoms with Gasteiger partial charge in [-0.1, -0.05) is 30.3 Å². The highest BCUT2D eigenvalue weighted by Gasteiger charge is 2.56. The number of aliphatic hydroxyl groups is 1. The zero-order valence-electron chi connectivity index (χ0n) is 10.9. The molecule has 0 bridgehead atoms. The maximum atomic E-state index is 13.9. The van der Waals surface area contributed by atoms with Gasteiger partial charge in [0, 0.05) is 11.8 Å². The first-order chi connectivity index (χ1) is 9.66. The number of aliphatic hydroxyl groups excluding tert-OH is 1. The van der Waals surface area contributed by atoms with Crippen molar-refractivity contribution in [1.29, 1.82) is 0 Å². The van der Waals surface area contributed by atoms with Crippen molar-refractivity contribution in [2.45, 2.75) is 31.4 Å². The summed E-state index contributed by atoms with van der Waals surface area (Å²) >= 11 is 0. The topological polar surface area (TPSA) is 55.8 Å². The van der Waals surface area contributed by atoms with E-state index in [1.54, 1.807) is 0 Å². The van der Waals surface area contributed by atoms with E-state index in [2.05, 4.69) is 0 Å². The molecule has 2 fully saturated rings. The lowest BCUT2D eigenvalue weighted by molar-refractivity contribution is -0.144. The van der Waals surface area contributed by atoms with Crippen molar-refractivity contribution in [3.8, 4) is 0 Å². The molecule has 5 atom stereocenters. The largest absolute Gasteiger partial charge is 0.459 e. The third-order valence-electron chi connectivity index (χ3n) is 4.14. The van der Waals surface area contributed by atoms with Crippen molar-refractivity contribution in [3.63, 3.8) is 0 Å². The van der Waals surface area contributed by atoms with Crippen LogP contribution in [0, 0.1) is 11.8 Å². The zero-order valence-corrected chi connectivity index (χ0v) is 10.9. The molecule has 1 aromatic carbocycles. The summed E-state index contributed by atoms with van der Waals surface area (Å²) in [6, 6.07) is 9.63. The zero-order chi connectivity index (χ0) is 14.1. The molecule has 0 radical (unpaired) electrons. The van der Waals surface area contributed by atoms with Crippen molar-refractivity contribution < 1.29 is 23.8 Å². The molecule has 1 N–H and O–H groups in total. The molecule has 108 valence electrons. The van der Waals surface area contributed by atoms with Crippen LogP contribution in [0.15, 0.2) is 30.3 Å². The summed E-state index contributed by atoms with van der Waals surface area (Å²) in [4.78, 5) is 11.2. The first kappa shape index (κ1) is 13.5. The molecule has 0 amide bonds. The summed E-state index contributed by atoms with van der Waals surface area (Å²) in [5, 5.41) is 9.90. The van der Waals surface area contributed by atoms with E-state index in [9.17, 15) is 14.3 Å². The fourth-order valence-electron chi connectivity index (χ4n) is 3.09. The summed E-state index contributed by atoms with van der Waals surface area (Å²) in [6.45, 7) is 0.640. The molecular weight excluding hydrogens is 263 g/mol. The molecule has 5 heteroatoms. The van der Waals surface area contributed by atoms with E-state index in [4.69, 9.17) is 9.47 Å². The molecule has 1 saturated heterocycles. The molecule has 0 unspecified atom stereocenters. The Morgan fingerprint density at radius 3 is 2.85 bits per heavy atom. The van der Waals surface area contributed by atoms with Crippen molar-refractivity contribution in [2.75, 3.05) is 6.61 Å². The molecule has 4 nitrogen and oxygen atoms in total. The fourth-order valence-corrected chi connectivity index (χ4v) is 3.09. The molecule has 20 heavy (non-hydrogen) atoms. The smallest absolute Gasteiger partial charge is 0.306 e. The van der Waals surface area contributed by atoms with E-state index in [0.29, 0.717) is 6.61 Å². The lowest BCUT2D eigenvalue weighted by Crippen LogP contribution is -2.30. The highest BCUT2D eigenvalue weighted by atomic mass is 19.1. The van der Waals surface area contributed by atoms with E-state index in [-0.39, 0.29) is 30.8 Å². The van der Waals surface area contributed by atoms with Gasteiger partial charge in [-0.05, 0) is 5.56 Å². The summed E-state index contributed by atoms with van der Waals surface area (Å²) in [6.07, 6.45) is -3.25. The second-order valence-electron chi connectivity index (χ2n) is 5.42. The summed E-state index contributed by atoms with van der Waals surface area (Å²) in [7, 11) is 0. The van der Waals surface area contributed by atoms with Gasteiger partial charge in [0.2, 0.25) is 0 Å². The minimum absolute atomic E-state index is 0.168. The van der Waals surface area contributed by atoms with Gasteiger partial charge >= 0.3 is 5.97 Å². The maximum absolute atomic E-state index is 13.9. The first-order valence-corrected chi connectivity index (χ1v) is 6.80. The number of benzene rings is 1. The van der Waals surface area contributed by atoms with Crippen LogP contribution in [0.2, 0.25) is 0 Å². The molecule has 3 rings (SSSR count). The SMILES string of the molecule is O=C1C[C@@H]2[C@@H](COCc3ccccc3)[C@H](O)[C@H](F)[C@@H]2O1. The van der Waals surface area contributed by atoms with Crippen molar-refractivity contribution in [2.24, 2.45) is 11.8 Å². The lowest BCUT2D eigenvalue weighted by Gasteiger charge is -2.19. The number of carbonyl (C=O) groups excluding carboxylic acids is 1. The van der Waals surface area contributed by atoms with Gasteiger partial charge in [-0.3, -0.25) is 4.79 Å². The number of ether oxygens (including phenoxy) is 2. The Labute approximate surface area is 116 Å². The summed E-state index contributed by atoms with van der Waals surface area (Å²) in [5.74, 6) is -1.05. The summed E-state index contributed by atoms with van der Waals surface area (Å²) < 4.78 is 24.4. The van der Waals surface area contributed by atoms with E-state index in [0.717, 1.165) is 5.56 Å². The maximum Gasteiger partial charge on any atom is 0.306 e. The first-order valence-electron chi connectivity index (χ1n) is 6.80. The highest BCUT2D eigenvalue weighted by molar-refractivity contribution is 5.72. The Balaban J connectivity index is 1.58. The number of rotatable bonds is 4. The quantitative estimate of drug-likeness (QED) is 0.848. The molecule has 0 aromatic heterocycles. The Kier molecular flexibility index (Phi) is 3.72. The fraction of sp³-hybridized carbons (Fsp3) is 0.533. The number of hydrogen-bond donors (Lipinski definition) is 1. The van der Waals surface area contributed by atoms with E-state index in [1.807, 2.05) is 30.3 Å². The average molecular weight is 280 g/mol. The van der Waals surface area contributed by atoms with E-state index in [1.165, 1.54) is 0 Å². The number of fused-ring (bicyclic) bond motifs is 1. The Morgan fingerprint density at radius 2 is 2.10 bits per heavy atom. The van der Waals surface area contributed by atoms with Crippen molar-refractivity contribution in [1.82, 2.24) is 0 Å². The Morgan fingerprint density at radius 1 is 1.35 bits per heavy atom. The monoisotopic (exact) mass is 280 g/mol. The molecule has 1 aromatic rings. The minimum atomic E-state index is -1.50. The number of carbonyl (C=O) groups is 1. The highest BCUT2D eigenvalue weighted by Crippen LogP contribution is 2.43. The van der Waals surface area contributed by atoms with Crippen LogP contribution in [0.25, 0.3) is 0 Å². The normalized spacial score (nSPS) is 35.9. The number of alkyl halides is 1. The molecular formula is C15H17FO4. The molecule has 1 heterocycles. The number of halogens is 1. The Bertz CT molecular complexity index is 478. The van der Waals surface area contributed by atoms with Crippen LogP contribution in [-0.4, -0.2) is 36.1 Å². The van der Waals surface area contributed by atoms with Crippen molar-refractivity contribution >= 4 is 5.97 Å².